The number of carbonyl (C=O) groups excluding carboxylic acids is 2. The topological polar surface area (TPSA) is 88.5 Å². The van der Waals surface area contributed by atoms with Gasteiger partial charge in [-0.05, 0) is 39.0 Å². The average molecular weight is 464 g/mol. The average Bonchev–Trinajstić information content (AvgIpc) is 2.83. The van der Waals surface area contributed by atoms with Gasteiger partial charge >= 0.3 is 6.09 Å². The van der Waals surface area contributed by atoms with Gasteiger partial charge in [0.25, 0.3) is 5.91 Å². The van der Waals surface area contributed by atoms with Crippen LogP contribution in [0.25, 0.3) is 22.5 Å². The van der Waals surface area contributed by atoms with E-state index in [1.165, 1.54) is 12.3 Å². The summed E-state index contributed by atoms with van der Waals surface area (Å²) >= 11 is 0. The lowest BCUT2D eigenvalue weighted by atomic mass is 10.1. The van der Waals surface area contributed by atoms with Crippen molar-refractivity contribution < 1.29 is 18.7 Å². The number of hydrogen-bond donors (Lipinski definition) is 0. The number of hydrogen-bond acceptors (Lipinski definition) is 6. The van der Waals surface area contributed by atoms with Gasteiger partial charge in [0, 0.05) is 49.1 Å². The Bertz CT molecular complexity index is 1190. The number of ether oxygens (including phenoxy) is 1. The van der Waals surface area contributed by atoms with Crippen molar-refractivity contribution in [3.63, 3.8) is 0 Å². The highest BCUT2D eigenvalue weighted by Gasteiger charge is 2.28. The largest absolute Gasteiger partial charge is 0.444 e. The molecule has 34 heavy (non-hydrogen) atoms. The van der Waals surface area contributed by atoms with Gasteiger partial charge in [-0.1, -0.05) is 12.1 Å². The number of aromatic nitrogens is 3. The van der Waals surface area contributed by atoms with E-state index in [4.69, 9.17) is 4.74 Å². The molecule has 3 aromatic rings. The highest BCUT2D eigenvalue weighted by Crippen LogP contribution is 2.22. The van der Waals surface area contributed by atoms with Crippen LogP contribution in [-0.2, 0) is 4.74 Å². The molecule has 0 radical (unpaired) electrons. The molecule has 2 amide bonds. The van der Waals surface area contributed by atoms with Crippen LogP contribution < -0.4 is 0 Å². The van der Waals surface area contributed by atoms with Crippen molar-refractivity contribution in [2.45, 2.75) is 26.4 Å². The smallest absolute Gasteiger partial charge is 0.410 e. The van der Waals surface area contributed by atoms with E-state index in [9.17, 15) is 14.0 Å². The number of carbonyl (C=O) groups is 2. The molecule has 0 unspecified atom stereocenters. The van der Waals surface area contributed by atoms with Gasteiger partial charge in [-0.15, -0.1) is 0 Å². The van der Waals surface area contributed by atoms with Crippen LogP contribution in [-0.4, -0.2) is 68.5 Å². The van der Waals surface area contributed by atoms with Crippen molar-refractivity contribution in [2.24, 2.45) is 0 Å². The fraction of sp³-hybridized carbons (Fsp3) is 0.320. The lowest BCUT2D eigenvalue weighted by molar-refractivity contribution is 0.0141. The molecule has 1 saturated heterocycles. The number of pyridine rings is 1. The molecule has 176 valence electrons. The Morgan fingerprint density at radius 1 is 0.853 bits per heavy atom. The Morgan fingerprint density at radius 2 is 1.44 bits per heavy atom. The molecule has 0 atom stereocenters. The van der Waals surface area contributed by atoms with Gasteiger partial charge in [0.2, 0.25) is 0 Å². The lowest BCUT2D eigenvalue weighted by Gasteiger charge is -2.35. The zero-order chi connectivity index (χ0) is 24.3. The summed E-state index contributed by atoms with van der Waals surface area (Å²) < 4.78 is 18.9. The van der Waals surface area contributed by atoms with E-state index < -0.39 is 11.4 Å². The highest BCUT2D eigenvalue weighted by molar-refractivity contribution is 5.94. The fourth-order valence-corrected chi connectivity index (χ4v) is 3.58. The molecule has 0 aliphatic carbocycles. The lowest BCUT2D eigenvalue weighted by Crippen LogP contribution is -2.51. The molecule has 9 heteroatoms. The Morgan fingerprint density at radius 3 is 2.06 bits per heavy atom. The number of piperazine rings is 1. The third-order valence-corrected chi connectivity index (χ3v) is 5.28. The van der Waals surface area contributed by atoms with Crippen LogP contribution in [0.4, 0.5) is 9.18 Å². The molecule has 1 aliphatic heterocycles. The molecule has 0 spiro atoms. The van der Waals surface area contributed by atoms with Gasteiger partial charge in [0.05, 0.1) is 30.0 Å². The van der Waals surface area contributed by atoms with Gasteiger partial charge in [0.15, 0.2) is 0 Å². The Hall–Kier alpha value is -3.88. The summed E-state index contributed by atoms with van der Waals surface area (Å²) in [6.07, 6.45) is 5.47. The Labute approximate surface area is 197 Å². The first-order valence-corrected chi connectivity index (χ1v) is 11.0. The SMILES string of the molecule is CC(C)(C)OC(=O)N1CCN(C(=O)c2ccc(-c3cncc(-c4cncc(F)c4)n3)cc2)CC1. The van der Waals surface area contributed by atoms with Crippen LogP contribution in [0.3, 0.4) is 0 Å². The maximum atomic E-state index is 13.5. The third kappa shape index (κ3) is 5.54. The predicted molar refractivity (Wildman–Crippen MR) is 124 cm³/mol. The van der Waals surface area contributed by atoms with Crippen LogP contribution >= 0.6 is 0 Å². The Balaban J connectivity index is 1.41. The summed E-state index contributed by atoms with van der Waals surface area (Å²) in [7, 11) is 0. The van der Waals surface area contributed by atoms with Gasteiger partial charge in [-0.25, -0.2) is 14.2 Å². The quantitative estimate of drug-likeness (QED) is 0.583. The van der Waals surface area contributed by atoms with Crippen molar-refractivity contribution in [3.05, 3.63) is 66.5 Å². The summed E-state index contributed by atoms with van der Waals surface area (Å²) in [5.74, 6) is -0.541. The first-order chi connectivity index (χ1) is 16.2. The van der Waals surface area contributed by atoms with Crippen LogP contribution in [0, 0.1) is 5.82 Å². The summed E-state index contributed by atoms with van der Waals surface area (Å²) in [5.41, 5.74) is 2.42. The number of nitrogens with zero attached hydrogens (tertiary/aromatic N) is 5. The fourth-order valence-electron chi connectivity index (χ4n) is 3.58. The second-order valence-corrected chi connectivity index (χ2v) is 9.02. The number of halogens is 1. The monoisotopic (exact) mass is 463 g/mol. The van der Waals surface area contributed by atoms with E-state index in [0.29, 0.717) is 48.7 Å². The van der Waals surface area contributed by atoms with Crippen LogP contribution in [0.5, 0.6) is 0 Å². The highest BCUT2D eigenvalue weighted by atomic mass is 19.1. The predicted octanol–water partition coefficient (Wildman–Crippen LogP) is 4.04. The molecule has 1 aliphatic rings. The summed E-state index contributed by atoms with van der Waals surface area (Å²) in [4.78, 5) is 41.1. The molecule has 8 nitrogen and oxygen atoms in total. The van der Waals surface area contributed by atoms with E-state index in [1.807, 2.05) is 32.9 Å². The molecule has 0 bridgehead atoms. The van der Waals surface area contributed by atoms with Crippen LogP contribution in [0.2, 0.25) is 0 Å². The second-order valence-electron chi connectivity index (χ2n) is 9.02. The van der Waals surface area contributed by atoms with E-state index in [-0.39, 0.29) is 12.0 Å². The molecule has 1 fully saturated rings. The molecule has 1 aromatic carbocycles. The van der Waals surface area contributed by atoms with Crippen molar-refractivity contribution in [3.8, 4) is 22.5 Å². The van der Waals surface area contributed by atoms with E-state index >= 15 is 0 Å². The van der Waals surface area contributed by atoms with E-state index in [2.05, 4.69) is 15.0 Å². The normalized spacial score (nSPS) is 14.1. The molecule has 3 heterocycles. The molecule has 0 N–H and O–H groups in total. The third-order valence-electron chi connectivity index (χ3n) is 5.28. The van der Waals surface area contributed by atoms with Crippen molar-refractivity contribution >= 4 is 12.0 Å². The molecular formula is C25H26FN5O3. The summed E-state index contributed by atoms with van der Waals surface area (Å²) in [6.45, 7) is 7.22. The summed E-state index contributed by atoms with van der Waals surface area (Å²) in [6, 6.07) is 8.46. The van der Waals surface area contributed by atoms with E-state index in [0.717, 1.165) is 11.8 Å². The first-order valence-electron chi connectivity index (χ1n) is 11.0. The standard InChI is InChI=1S/C25H26FN5O3/c1-25(2,3)34-24(33)31-10-8-30(9-11-31)23(32)18-6-4-17(5-7-18)21-15-28-16-22(29-21)19-12-20(26)14-27-13-19/h4-7,12-16H,8-11H2,1-3H3. The van der Waals surface area contributed by atoms with Crippen molar-refractivity contribution in [1.82, 2.24) is 24.8 Å². The van der Waals surface area contributed by atoms with Crippen LogP contribution in [0.15, 0.2) is 55.1 Å². The minimum Gasteiger partial charge on any atom is -0.444 e. The first kappa shape index (κ1) is 23.3. The molecular weight excluding hydrogens is 437 g/mol. The van der Waals surface area contributed by atoms with Crippen molar-refractivity contribution in [2.75, 3.05) is 26.2 Å². The maximum absolute atomic E-state index is 13.5. The second kappa shape index (κ2) is 9.54. The van der Waals surface area contributed by atoms with Crippen molar-refractivity contribution in [1.29, 1.82) is 0 Å². The summed E-state index contributed by atoms with van der Waals surface area (Å²) in [5, 5.41) is 0. The minimum atomic E-state index is -0.552. The van der Waals surface area contributed by atoms with Gasteiger partial charge in [-0.3, -0.25) is 14.8 Å². The molecule has 4 rings (SSSR count). The molecule has 2 aromatic heterocycles. The zero-order valence-corrected chi connectivity index (χ0v) is 19.4. The Kier molecular flexibility index (Phi) is 6.54. The maximum Gasteiger partial charge on any atom is 0.410 e. The van der Waals surface area contributed by atoms with Crippen LogP contribution in [0.1, 0.15) is 31.1 Å². The van der Waals surface area contributed by atoms with Gasteiger partial charge in [0.1, 0.15) is 11.4 Å². The number of amides is 2. The minimum absolute atomic E-state index is 0.0962. The molecule has 0 saturated carbocycles. The van der Waals surface area contributed by atoms with E-state index in [1.54, 1.807) is 34.3 Å². The number of benzene rings is 1. The van der Waals surface area contributed by atoms with Gasteiger partial charge in [-0.2, -0.15) is 0 Å². The zero-order valence-electron chi connectivity index (χ0n) is 19.4. The number of rotatable bonds is 3. The van der Waals surface area contributed by atoms with Gasteiger partial charge < -0.3 is 14.5 Å².